The molecule has 2 atom stereocenters. The number of hydrogen-bond acceptors (Lipinski definition) is 3. The molecular weight excluding hydrogens is 285 g/mol. The van der Waals surface area contributed by atoms with Crippen LogP contribution in [0.5, 0.6) is 0 Å². The fourth-order valence-electron chi connectivity index (χ4n) is 2.44. The monoisotopic (exact) mass is 302 g/mol. The Balaban J connectivity index is 2.24. The van der Waals surface area contributed by atoms with Gasteiger partial charge < -0.3 is 15.7 Å². The molecule has 1 aliphatic rings. The highest BCUT2D eigenvalue weighted by atomic mass is 19.4. The summed E-state index contributed by atoms with van der Waals surface area (Å²) in [5.74, 6) is -0.571. The maximum Gasteiger partial charge on any atom is 0.418 e. The number of nitrogens with two attached hydrogens (primary N) is 1. The second-order valence-corrected chi connectivity index (χ2v) is 5.38. The Bertz CT molecular complexity index is 546. The van der Waals surface area contributed by atoms with Crippen LogP contribution in [0.2, 0.25) is 0 Å². The molecule has 0 aliphatic carbocycles. The van der Waals surface area contributed by atoms with E-state index in [2.05, 4.69) is 0 Å². The van der Waals surface area contributed by atoms with Crippen LogP contribution < -0.4 is 5.73 Å². The molecule has 0 aromatic heterocycles. The van der Waals surface area contributed by atoms with Crippen LogP contribution in [0.4, 0.5) is 18.9 Å². The predicted octanol–water partition coefficient (Wildman–Crippen LogP) is 2.13. The summed E-state index contributed by atoms with van der Waals surface area (Å²) in [6.07, 6.45) is -4.65. The van der Waals surface area contributed by atoms with E-state index in [1.165, 1.54) is 11.0 Å². The summed E-state index contributed by atoms with van der Waals surface area (Å²) in [6, 6.07) is 3.17. The zero-order valence-electron chi connectivity index (χ0n) is 11.5. The van der Waals surface area contributed by atoms with Crippen LogP contribution in [0.3, 0.4) is 0 Å². The van der Waals surface area contributed by atoms with Gasteiger partial charge in [0.25, 0.3) is 5.91 Å². The lowest BCUT2D eigenvalue weighted by Gasteiger charge is -2.34. The molecule has 116 valence electrons. The largest absolute Gasteiger partial charge is 0.418 e. The minimum Gasteiger partial charge on any atom is -0.398 e. The number of nitrogen functional groups attached to an aromatic ring is 1. The number of carbonyl (C=O) groups excluding carboxylic acids is 1. The van der Waals surface area contributed by atoms with E-state index in [9.17, 15) is 23.1 Å². The molecule has 7 heteroatoms. The predicted molar refractivity (Wildman–Crippen MR) is 71.5 cm³/mol. The quantitative estimate of drug-likeness (QED) is 0.781. The highest BCUT2D eigenvalue weighted by molar-refractivity contribution is 5.95. The summed E-state index contributed by atoms with van der Waals surface area (Å²) in [5, 5.41) is 9.63. The first-order valence-electron chi connectivity index (χ1n) is 6.64. The molecule has 0 radical (unpaired) electrons. The second-order valence-electron chi connectivity index (χ2n) is 5.38. The van der Waals surface area contributed by atoms with Crippen molar-refractivity contribution >= 4 is 11.6 Å². The molecule has 2 unspecified atom stereocenters. The van der Waals surface area contributed by atoms with Gasteiger partial charge >= 0.3 is 6.18 Å². The number of rotatable bonds is 1. The average molecular weight is 302 g/mol. The third-order valence-corrected chi connectivity index (χ3v) is 3.75. The van der Waals surface area contributed by atoms with Gasteiger partial charge in [0.15, 0.2) is 0 Å². The Labute approximate surface area is 120 Å². The van der Waals surface area contributed by atoms with Crippen LogP contribution in [-0.4, -0.2) is 35.1 Å². The van der Waals surface area contributed by atoms with Crippen molar-refractivity contribution in [3.05, 3.63) is 29.3 Å². The summed E-state index contributed by atoms with van der Waals surface area (Å²) in [4.78, 5) is 13.7. The first-order valence-corrected chi connectivity index (χ1v) is 6.64. The maximum absolute atomic E-state index is 12.8. The summed E-state index contributed by atoms with van der Waals surface area (Å²) in [6.45, 7) is 2.45. The van der Waals surface area contributed by atoms with Crippen molar-refractivity contribution in [2.45, 2.75) is 25.6 Å². The Hall–Kier alpha value is -1.76. The van der Waals surface area contributed by atoms with E-state index in [0.29, 0.717) is 19.5 Å². The number of anilines is 1. The van der Waals surface area contributed by atoms with Crippen LogP contribution in [0, 0.1) is 5.92 Å². The summed E-state index contributed by atoms with van der Waals surface area (Å²) >= 11 is 0. The van der Waals surface area contributed by atoms with Crippen molar-refractivity contribution in [1.29, 1.82) is 0 Å². The van der Waals surface area contributed by atoms with Gasteiger partial charge in [-0.1, -0.05) is 6.92 Å². The number of benzene rings is 1. The van der Waals surface area contributed by atoms with Gasteiger partial charge in [-0.25, -0.2) is 0 Å². The fraction of sp³-hybridized carbons (Fsp3) is 0.500. The van der Waals surface area contributed by atoms with E-state index >= 15 is 0 Å². The number of carbonyl (C=O) groups is 1. The van der Waals surface area contributed by atoms with Gasteiger partial charge in [0.1, 0.15) is 0 Å². The Morgan fingerprint density at radius 2 is 2.10 bits per heavy atom. The number of piperidine rings is 1. The van der Waals surface area contributed by atoms with Gasteiger partial charge in [-0.2, -0.15) is 13.2 Å². The Morgan fingerprint density at radius 1 is 1.43 bits per heavy atom. The van der Waals surface area contributed by atoms with Gasteiger partial charge in [0.05, 0.1) is 11.7 Å². The number of hydrogen-bond donors (Lipinski definition) is 2. The van der Waals surface area contributed by atoms with E-state index in [0.717, 1.165) is 12.1 Å². The maximum atomic E-state index is 12.8. The Kier molecular flexibility index (Phi) is 4.13. The third-order valence-electron chi connectivity index (χ3n) is 3.75. The third kappa shape index (κ3) is 3.29. The lowest BCUT2D eigenvalue weighted by atomic mass is 9.96. The number of nitrogens with zero attached hydrogens (tertiary/aromatic N) is 1. The molecule has 1 heterocycles. The number of likely N-dealkylation sites (tertiary alicyclic amines) is 1. The van der Waals surface area contributed by atoms with E-state index in [4.69, 9.17) is 5.73 Å². The minimum atomic E-state index is -4.59. The van der Waals surface area contributed by atoms with Crippen molar-refractivity contribution in [3.8, 4) is 0 Å². The number of aliphatic hydroxyl groups is 1. The van der Waals surface area contributed by atoms with Gasteiger partial charge in [-0.15, -0.1) is 0 Å². The minimum absolute atomic E-state index is 0.0416. The molecule has 0 bridgehead atoms. The molecule has 1 fully saturated rings. The van der Waals surface area contributed by atoms with Crippen molar-refractivity contribution in [2.24, 2.45) is 5.92 Å². The molecule has 3 N–H and O–H groups in total. The van der Waals surface area contributed by atoms with Gasteiger partial charge in [0.2, 0.25) is 0 Å². The summed E-state index contributed by atoms with van der Waals surface area (Å²) in [5.41, 5.74) is 3.87. The van der Waals surface area contributed by atoms with Crippen molar-refractivity contribution < 1.29 is 23.1 Å². The molecule has 0 saturated carbocycles. The van der Waals surface area contributed by atoms with Crippen molar-refractivity contribution in [1.82, 2.24) is 4.90 Å². The van der Waals surface area contributed by atoms with Gasteiger partial charge in [-0.05, 0) is 30.5 Å². The first-order chi connectivity index (χ1) is 9.70. The molecule has 4 nitrogen and oxygen atoms in total. The molecule has 2 rings (SSSR count). The van der Waals surface area contributed by atoms with Gasteiger partial charge in [0, 0.05) is 24.3 Å². The normalized spacial score (nSPS) is 23.2. The Morgan fingerprint density at radius 3 is 2.67 bits per heavy atom. The molecule has 0 spiro atoms. The molecule has 1 aromatic rings. The zero-order chi connectivity index (χ0) is 15.8. The van der Waals surface area contributed by atoms with Crippen LogP contribution in [-0.2, 0) is 6.18 Å². The molecule has 1 aromatic carbocycles. The van der Waals surface area contributed by atoms with Crippen LogP contribution in [0.25, 0.3) is 0 Å². The number of amides is 1. The standard InChI is InChI=1S/C14H17F3N2O2/c1-8-7-19(5-4-12(8)20)13(21)9-2-3-11(18)10(6-9)14(15,16)17/h2-3,6,8,12,20H,4-5,7,18H2,1H3. The van der Waals surface area contributed by atoms with E-state index in [-0.39, 0.29) is 11.5 Å². The average Bonchev–Trinajstić information content (AvgIpc) is 2.40. The lowest BCUT2D eigenvalue weighted by Crippen LogP contribution is -2.45. The van der Waals surface area contributed by atoms with Crippen LogP contribution in [0.1, 0.15) is 29.3 Å². The van der Waals surface area contributed by atoms with Crippen molar-refractivity contribution in [2.75, 3.05) is 18.8 Å². The van der Waals surface area contributed by atoms with E-state index in [1.807, 2.05) is 0 Å². The van der Waals surface area contributed by atoms with Crippen LogP contribution >= 0.6 is 0 Å². The topological polar surface area (TPSA) is 66.6 Å². The highest BCUT2D eigenvalue weighted by Gasteiger charge is 2.34. The summed E-state index contributed by atoms with van der Waals surface area (Å²) in [7, 11) is 0. The molecule has 1 amide bonds. The summed E-state index contributed by atoms with van der Waals surface area (Å²) < 4.78 is 38.4. The van der Waals surface area contributed by atoms with Crippen molar-refractivity contribution in [3.63, 3.8) is 0 Å². The fourth-order valence-corrected chi connectivity index (χ4v) is 2.44. The SMILES string of the molecule is CC1CN(C(=O)c2ccc(N)c(C(F)(F)F)c2)CCC1O. The number of aliphatic hydroxyl groups excluding tert-OH is 1. The smallest absolute Gasteiger partial charge is 0.398 e. The highest BCUT2D eigenvalue weighted by Crippen LogP contribution is 2.34. The molecule has 21 heavy (non-hydrogen) atoms. The molecule has 1 saturated heterocycles. The second kappa shape index (κ2) is 5.55. The zero-order valence-corrected chi connectivity index (χ0v) is 11.5. The van der Waals surface area contributed by atoms with E-state index < -0.39 is 29.4 Å². The lowest BCUT2D eigenvalue weighted by molar-refractivity contribution is -0.136. The number of alkyl halides is 3. The van der Waals surface area contributed by atoms with E-state index in [1.54, 1.807) is 6.92 Å². The van der Waals surface area contributed by atoms with Gasteiger partial charge in [-0.3, -0.25) is 4.79 Å². The van der Waals surface area contributed by atoms with Crippen LogP contribution in [0.15, 0.2) is 18.2 Å². The number of halogens is 3. The molecular formula is C14H17F3N2O2. The first kappa shape index (κ1) is 15.6. The molecule has 1 aliphatic heterocycles.